The highest BCUT2D eigenvalue weighted by molar-refractivity contribution is 6.31. The molecule has 0 saturated carbocycles. The molecule has 2 atom stereocenters. The van der Waals surface area contributed by atoms with Crippen molar-refractivity contribution in [2.45, 2.75) is 52.2 Å². The maximum Gasteiger partial charge on any atom is 0.242 e. The molecule has 0 unspecified atom stereocenters. The molecule has 0 aliphatic rings. The fourth-order valence-corrected chi connectivity index (χ4v) is 3.08. The third-order valence-corrected chi connectivity index (χ3v) is 5.35. The Labute approximate surface area is 178 Å². The summed E-state index contributed by atoms with van der Waals surface area (Å²) < 4.78 is 5.20. The van der Waals surface area contributed by atoms with Crippen molar-refractivity contribution < 1.29 is 14.3 Å². The molecule has 2 aromatic carbocycles. The number of hydrogen-bond donors (Lipinski definition) is 1. The van der Waals surface area contributed by atoms with Gasteiger partial charge in [0.15, 0.2) is 0 Å². The lowest BCUT2D eigenvalue weighted by Gasteiger charge is -2.30. The number of ether oxygens (including phenoxy) is 1. The highest BCUT2D eigenvalue weighted by Gasteiger charge is 2.27. The van der Waals surface area contributed by atoms with Gasteiger partial charge in [-0.2, -0.15) is 0 Å². The summed E-state index contributed by atoms with van der Waals surface area (Å²) in [4.78, 5) is 27.5. The number of carbonyl (C=O) groups is 2. The maximum absolute atomic E-state index is 13.2. The zero-order valence-electron chi connectivity index (χ0n) is 17.4. The van der Waals surface area contributed by atoms with Gasteiger partial charge in [-0.3, -0.25) is 9.59 Å². The molecule has 156 valence electrons. The van der Waals surface area contributed by atoms with E-state index in [1.54, 1.807) is 25.0 Å². The number of nitrogens with one attached hydrogen (secondary N) is 1. The van der Waals surface area contributed by atoms with Gasteiger partial charge in [-0.05, 0) is 49.6 Å². The summed E-state index contributed by atoms with van der Waals surface area (Å²) in [5, 5.41) is 3.51. The van der Waals surface area contributed by atoms with E-state index in [4.69, 9.17) is 16.3 Å². The van der Waals surface area contributed by atoms with Gasteiger partial charge in [0.2, 0.25) is 11.8 Å². The molecule has 0 bridgehead atoms. The summed E-state index contributed by atoms with van der Waals surface area (Å²) in [6.07, 6.45) is 0.960. The first-order chi connectivity index (χ1) is 13.8. The standard InChI is InChI=1S/C23H29ClN2O3/c1-5-16(2)25-23(28)17(3)26(15-18-10-12-20(29-4)13-11-18)22(27)14-19-8-6-7-9-21(19)24/h6-13,16-17H,5,14-15H2,1-4H3,(H,25,28)/t16-,17-/m0/s1. The van der Waals surface area contributed by atoms with E-state index in [2.05, 4.69) is 5.32 Å². The van der Waals surface area contributed by atoms with Crippen molar-refractivity contribution in [3.05, 3.63) is 64.7 Å². The van der Waals surface area contributed by atoms with Gasteiger partial charge < -0.3 is 15.0 Å². The van der Waals surface area contributed by atoms with E-state index in [1.165, 1.54) is 0 Å². The van der Waals surface area contributed by atoms with Gasteiger partial charge in [-0.25, -0.2) is 0 Å². The Morgan fingerprint density at radius 3 is 2.34 bits per heavy atom. The van der Waals surface area contributed by atoms with Crippen molar-refractivity contribution in [1.29, 1.82) is 0 Å². The predicted octanol–water partition coefficient (Wildman–Crippen LogP) is 4.22. The van der Waals surface area contributed by atoms with Crippen LogP contribution in [0.1, 0.15) is 38.3 Å². The fourth-order valence-electron chi connectivity index (χ4n) is 2.88. The molecule has 0 aliphatic carbocycles. The van der Waals surface area contributed by atoms with Crippen molar-refractivity contribution in [2.75, 3.05) is 7.11 Å². The lowest BCUT2D eigenvalue weighted by atomic mass is 10.1. The van der Waals surface area contributed by atoms with E-state index in [0.717, 1.165) is 23.3 Å². The SMILES string of the molecule is CC[C@H](C)NC(=O)[C@H](C)N(Cc1ccc(OC)cc1)C(=O)Cc1ccccc1Cl. The van der Waals surface area contributed by atoms with Gasteiger partial charge in [-0.15, -0.1) is 0 Å². The molecule has 6 heteroatoms. The second kappa shape index (κ2) is 10.9. The molecule has 0 fully saturated rings. The van der Waals surface area contributed by atoms with Crippen molar-refractivity contribution in [3.8, 4) is 5.75 Å². The average molecular weight is 417 g/mol. The van der Waals surface area contributed by atoms with Gasteiger partial charge in [0.1, 0.15) is 11.8 Å². The second-order valence-corrected chi connectivity index (χ2v) is 7.54. The normalized spacial score (nSPS) is 12.7. The van der Waals surface area contributed by atoms with Crippen LogP contribution in [-0.4, -0.2) is 35.9 Å². The lowest BCUT2D eigenvalue weighted by molar-refractivity contribution is -0.140. The highest BCUT2D eigenvalue weighted by Crippen LogP contribution is 2.19. The molecular weight excluding hydrogens is 388 g/mol. The number of benzene rings is 2. The quantitative estimate of drug-likeness (QED) is 0.665. The van der Waals surface area contributed by atoms with Gasteiger partial charge in [0, 0.05) is 17.6 Å². The van der Waals surface area contributed by atoms with Crippen LogP contribution < -0.4 is 10.1 Å². The lowest BCUT2D eigenvalue weighted by Crippen LogP contribution is -2.49. The van der Waals surface area contributed by atoms with E-state index in [-0.39, 0.29) is 24.3 Å². The Morgan fingerprint density at radius 2 is 1.76 bits per heavy atom. The summed E-state index contributed by atoms with van der Waals surface area (Å²) in [5.41, 5.74) is 1.66. The number of carbonyl (C=O) groups excluding carboxylic acids is 2. The number of halogens is 1. The molecule has 1 N–H and O–H groups in total. The third-order valence-electron chi connectivity index (χ3n) is 4.98. The van der Waals surface area contributed by atoms with E-state index >= 15 is 0 Å². The molecule has 0 radical (unpaired) electrons. The van der Waals surface area contributed by atoms with Crippen LogP contribution in [0.15, 0.2) is 48.5 Å². The molecule has 0 heterocycles. The highest BCUT2D eigenvalue weighted by atomic mass is 35.5. The predicted molar refractivity (Wildman–Crippen MR) is 116 cm³/mol. The third kappa shape index (κ3) is 6.50. The molecule has 0 aromatic heterocycles. The van der Waals surface area contributed by atoms with Crippen LogP contribution in [0.2, 0.25) is 5.02 Å². The maximum atomic E-state index is 13.2. The number of nitrogens with zero attached hydrogens (tertiary/aromatic N) is 1. The van der Waals surface area contributed by atoms with E-state index < -0.39 is 6.04 Å². The molecule has 0 saturated heterocycles. The number of rotatable bonds is 9. The molecule has 2 rings (SSSR count). The van der Waals surface area contributed by atoms with Crippen molar-refractivity contribution in [2.24, 2.45) is 0 Å². The van der Waals surface area contributed by atoms with Crippen molar-refractivity contribution >= 4 is 23.4 Å². The number of hydrogen-bond acceptors (Lipinski definition) is 3. The summed E-state index contributed by atoms with van der Waals surface area (Å²) in [7, 11) is 1.61. The molecular formula is C23H29ClN2O3. The summed E-state index contributed by atoms with van der Waals surface area (Å²) in [5.74, 6) is 0.423. The summed E-state index contributed by atoms with van der Waals surface area (Å²) >= 11 is 6.23. The molecule has 29 heavy (non-hydrogen) atoms. The Balaban J connectivity index is 2.24. The van der Waals surface area contributed by atoms with Crippen LogP contribution >= 0.6 is 11.6 Å². The molecule has 5 nitrogen and oxygen atoms in total. The largest absolute Gasteiger partial charge is 0.497 e. The van der Waals surface area contributed by atoms with Crippen molar-refractivity contribution in [3.63, 3.8) is 0 Å². The minimum Gasteiger partial charge on any atom is -0.497 e. The molecule has 2 aromatic rings. The van der Waals surface area contributed by atoms with Gasteiger partial charge in [0.05, 0.1) is 13.5 Å². The second-order valence-electron chi connectivity index (χ2n) is 7.13. The number of methoxy groups -OCH3 is 1. The Morgan fingerprint density at radius 1 is 1.10 bits per heavy atom. The van der Waals surface area contributed by atoms with Crippen LogP contribution in [-0.2, 0) is 22.6 Å². The first kappa shape index (κ1) is 22.8. The molecule has 0 spiro atoms. The van der Waals surface area contributed by atoms with E-state index in [0.29, 0.717) is 11.6 Å². The summed E-state index contributed by atoms with van der Waals surface area (Å²) in [6.45, 7) is 6.03. The van der Waals surface area contributed by atoms with Crippen LogP contribution in [0.3, 0.4) is 0 Å². The van der Waals surface area contributed by atoms with Crippen LogP contribution in [0.4, 0.5) is 0 Å². The topological polar surface area (TPSA) is 58.6 Å². The fraction of sp³-hybridized carbons (Fsp3) is 0.391. The first-order valence-corrected chi connectivity index (χ1v) is 10.2. The zero-order valence-corrected chi connectivity index (χ0v) is 18.2. The summed E-state index contributed by atoms with van der Waals surface area (Å²) in [6, 6.07) is 14.2. The minimum atomic E-state index is -0.610. The monoisotopic (exact) mass is 416 g/mol. The van der Waals surface area contributed by atoms with E-state index in [9.17, 15) is 9.59 Å². The molecule has 0 aliphatic heterocycles. The van der Waals surface area contributed by atoms with Gasteiger partial charge in [-0.1, -0.05) is 48.9 Å². The minimum absolute atomic E-state index is 0.0476. The van der Waals surface area contributed by atoms with Crippen molar-refractivity contribution in [1.82, 2.24) is 10.2 Å². The Hall–Kier alpha value is -2.53. The zero-order chi connectivity index (χ0) is 21.4. The smallest absolute Gasteiger partial charge is 0.242 e. The average Bonchev–Trinajstić information content (AvgIpc) is 2.73. The first-order valence-electron chi connectivity index (χ1n) is 9.81. The van der Waals surface area contributed by atoms with Crippen LogP contribution in [0, 0.1) is 0 Å². The Bertz CT molecular complexity index is 823. The molecule has 2 amide bonds. The number of amides is 2. The van der Waals surface area contributed by atoms with Crippen LogP contribution in [0.25, 0.3) is 0 Å². The Kier molecular flexibility index (Phi) is 8.52. The van der Waals surface area contributed by atoms with Crippen LogP contribution in [0.5, 0.6) is 5.75 Å². The van der Waals surface area contributed by atoms with Gasteiger partial charge in [0.25, 0.3) is 0 Å². The van der Waals surface area contributed by atoms with Gasteiger partial charge >= 0.3 is 0 Å². The van der Waals surface area contributed by atoms with E-state index in [1.807, 2.05) is 56.3 Å².